The molecule has 1 aromatic heterocycles. The van der Waals surface area contributed by atoms with Gasteiger partial charge in [-0.25, -0.2) is 13.1 Å². The third-order valence-electron chi connectivity index (χ3n) is 3.74. The minimum atomic E-state index is -3.86. The first-order chi connectivity index (χ1) is 12.5. The minimum Gasteiger partial charge on any atom is -0.300 e. The predicted octanol–water partition coefficient (Wildman–Crippen LogP) is 3.59. The van der Waals surface area contributed by atoms with E-state index in [9.17, 15) is 13.2 Å². The van der Waals surface area contributed by atoms with Crippen molar-refractivity contribution in [3.05, 3.63) is 35.9 Å². The number of nitrogens with one attached hydrogen (secondary N) is 2. The second-order valence-corrected chi connectivity index (χ2v) is 10.7. The smallest absolute Gasteiger partial charge is 0.270 e. The zero-order valence-electron chi connectivity index (χ0n) is 16.2. The van der Waals surface area contributed by atoms with Crippen LogP contribution in [0.1, 0.15) is 52.6 Å². The number of amides is 1. The molecule has 1 amide bonds. The fourth-order valence-electron chi connectivity index (χ4n) is 2.30. The average Bonchev–Trinajstić information content (AvgIpc) is 3.03. The van der Waals surface area contributed by atoms with E-state index in [0.717, 1.165) is 16.9 Å². The third kappa shape index (κ3) is 6.08. The van der Waals surface area contributed by atoms with Gasteiger partial charge in [0, 0.05) is 11.5 Å². The van der Waals surface area contributed by atoms with Crippen molar-refractivity contribution < 1.29 is 13.2 Å². The standard InChI is InChI=1S/C18H26N4O3S2/c1-12(2)11-14(13-9-7-6-8-10-13)22-27(24,25)17-21-20-16(26-17)19-15(23)18(3,4)5/h6-10,12,14,22H,11H2,1-5H3,(H,19,20,23)/t14-/m0/s1. The molecule has 1 heterocycles. The van der Waals surface area contributed by atoms with Gasteiger partial charge >= 0.3 is 0 Å². The first kappa shape index (κ1) is 21.5. The van der Waals surface area contributed by atoms with Gasteiger partial charge in [-0.15, -0.1) is 10.2 Å². The molecule has 0 radical (unpaired) electrons. The Labute approximate surface area is 164 Å². The quantitative estimate of drug-likeness (QED) is 0.679. The molecular weight excluding hydrogens is 384 g/mol. The van der Waals surface area contributed by atoms with Gasteiger partial charge in [0.1, 0.15) is 0 Å². The highest BCUT2D eigenvalue weighted by molar-refractivity contribution is 7.91. The van der Waals surface area contributed by atoms with Crippen LogP contribution in [0.3, 0.4) is 0 Å². The zero-order valence-corrected chi connectivity index (χ0v) is 17.8. The van der Waals surface area contributed by atoms with Gasteiger partial charge in [-0.05, 0) is 17.9 Å². The Hall–Kier alpha value is -1.84. The third-order valence-corrected chi connectivity index (χ3v) is 6.42. The Morgan fingerprint density at radius 2 is 1.78 bits per heavy atom. The fraction of sp³-hybridized carbons (Fsp3) is 0.500. The van der Waals surface area contributed by atoms with E-state index in [1.807, 2.05) is 44.2 Å². The van der Waals surface area contributed by atoms with Crippen LogP contribution in [0, 0.1) is 11.3 Å². The number of hydrogen-bond acceptors (Lipinski definition) is 6. The lowest BCUT2D eigenvalue weighted by molar-refractivity contribution is -0.123. The highest BCUT2D eigenvalue weighted by atomic mass is 32.2. The van der Waals surface area contributed by atoms with Crippen molar-refractivity contribution in [2.45, 2.75) is 51.4 Å². The molecule has 0 aliphatic carbocycles. The second-order valence-electron chi connectivity index (χ2n) is 7.79. The summed E-state index contributed by atoms with van der Waals surface area (Å²) in [4.78, 5) is 12.0. The summed E-state index contributed by atoms with van der Waals surface area (Å²) in [6.07, 6.45) is 0.648. The normalized spacial score (nSPS) is 13.6. The SMILES string of the molecule is CC(C)C[C@H](NS(=O)(=O)c1nnc(NC(=O)C(C)(C)C)s1)c1ccccc1. The van der Waals surface area contributed by atoms with E-state index < -0.39 is 15.4 Å². The van der Waals surface area contributed by atoms with E-state index in [4.69, 9.17) is 0 Å². The topological polar surface area (TPSA) is 101 Å². The van der Waals surface area contributed by atoms with Crippen LogP contribution >= 0.6 is 11.3 Å². The molecule has 0 aliphatic rings. The number of sulfonamides is 1. The average molecular weight is 411 g/mol. The lowest BCUT2D eigenvalue weighted by atomic mass is 9.96. The Balaban J connectivity index is 2.20. The lowest BCUT2D eigenvalue weighted by Gasteiger charge is -2.20. The molecule has 0 bridgehead atoms. The van der Waals surface area contributed by atoms with Crippen molar-refractivity contribution in [1.29, 1.82) is 0 Å². The fourth-order valence-corrected chi connectivity index (χ4v) is 4.45. The summed E-state index contributed by atoms with van der Waals surface area (Å²) in [6.45, 7) is 9.36. The van der Waals surface area contributed by atoms with Crippen LogP contribution in [0.4, 0.5) is 5.13 Å². The van der Waals surface area contributed by atoms with E-state index in [-0.39, 0.29) is 21.4 Å². The van der Waals surface area contributed by atoms with Crippen LogP contribution in [0.2, 0.25) is 0 Å². The molecular formula is C18H26N4O3S2. The number of benzene rings is 1. The first-order valence-corrected chi connectivity index (χ1v) is 11.0. The van der Waals surface area contributed by atoms with Gasteiger partial charge < -0.3 is 5.32 Å². The molecule has 0 fully saturated rings. The summed E-state index contributed by atoms with van der Waals surface area (Å²) >= 11 is 0.836. The molecule has 1 aromatic carbocycles. The van der Waals surface area contributed by atoms with E-state index >= 15 is 0 Å². The van der Waals surface area contributed by atoms with Crippen LogP contribution in [-0.4, -0.2) is 24.5 Å². The van der Waals surface area contributed by atoms with Gasteiger partial charge in [0.05, 0.1) is 0 Å². The molecule has 0 spiro atoms. The Bertz CT molecular complexity index is 872. The van der Waals surface area contributed by atoms with E-state index in [0.29, 0.717) is 12.3 Å². The Kier molecular flexibility index (Phi) is 6.72. The molecule has 7 nitrogen and oxygen atoms in total. The lowest BCUT2D eigenvalue weighted by Crippen LogP contribution is -2.29. The summed E-state index contributed by atoms with van der Waals surface area (Å²) in [7, 11) is -3.86. The summed E-state index contributed by atoms with van der Waals surface area (Å²) in [6, 6.07) is 9.06. The van der Waals surface area contributed by atoms with Crippen LogP contribution in [-0.2, 0) is 14.8 Å². The van der Waals surface area contributed by atoms with Crippen molar-refractivity contribution >= 4 is 32.4 Å². The molecule has 1 atom stereocenters. The van der Waals surface area contributed by atoms with Gasteiger partial charge in [0.2, 0.25) is 15.4 Å². The molecule has 2 aromatic rings. The maximum atomic E-state index is 12.8. The molecule has 0 saturated carbocycles. The number of rotatable bonds is 7. The van der Waals surface area contributed by atoms with Gasteiger partial charge in [-0.3, -0.25) is 4.79 Å². The molecule has 2 N–H and O–H groups in total. The van der Waals surface area contributed by atoms with Crippen LogP contribution in [0.5, 0.6) is 0 Å². The Morgan fingerprint density at radius 3 is 2.33 bits per heavy atom. The molecule has 0 saturated heterocycles. The summed E-state index contributed by atoms with van der Waals surface area (Å²) in [5.41, 5.74) is 0.277. The number of carbonyl (C=O) groups is 1. The molecule has 148 valence electrons. The van der Waals surface area contributed by atoms with Crippen LogP contribution in [0.15, 0.2) is 34.7 Å². The zero-order chi connectivity index (χ0) is 20.2. The number of hydrogen-bond donors (Lipinski definition) is 2. The van der Waals surface area contributed by atoms with E-state index in [2.05, 4.69) is 20.2 Å². The first-order valence-electron chi connectivity index (χ1n) is 8.71. The minimum absolute atomic E-state index is 0.162. The summed E-state index contributed by atoms with van der Waals surface area (Å²) in [5, 5.41) is 10.3. The number of carbonyl (C=O) groups excluding carboxylic acids is 1. The molecule has 0 aliphatic heterocycles. The molecule has 9 heteroatoms. The van der Waals surface area contributed by atoms with Crippen molar-refractivity contribution in [2.75, 3.05) is 5.32 Å². The van der Waals surface area contributed by atoms with Gasteiger partial charge in [0.15, 0.2) is 0 Å². The van der Waals surface area contributed by atoms with Crippen LogP contribution < -0.4 is 10.0 Å². The summed E-state index contributed by atoms with van der Waals surface area (Å²) < 4.78 is 28.1. The second kappa shape index (κ2) is 8.45. The van der Waals surface area contributed by atoms with E-state index in [1.165, 1.54) is 0 Å². The molecule has 0 unspecified atom stereocenters. The number of aromatic nitrogens is 2. The summed E-state index contributed by atoms with van der Waals surface area (Å²) in [5.74, 6) is 0.0477. The monoisotopic (exact) mass is 410 g/mol. The molecule has 27 heavy (non-hydrogen) atoms. The Morgan fingerprint density at radius 1 is 1.15 bits per heavy atom. The van der Waals surface area contributed by atoms with Crippen molar-refractivity contribution in [2.24, 2.45) is 11.3 Å². The van der Waals surface area contributed by atoms with Crippen molar-refractivity contribution in [3.8, 4) is 0 Å². The van der Waals surface area contributed by atoms with Gasteiger partial charge in [-0.1, -0.05) is 76.3 Å². The maximum absolute atomic E-state index is 12.8. The highest BCUT2D eigenvalue weighted by Gasteiger charge is 2.27. The van der Waals surface area contributed by atoms with Gasteiger partial charge in [0.25, 0.3) is 10.0 Å². The predicted molar refractivity (Wildman–Crippen MR) is 107 cm³/mol. The number of nitrogens with zero attached hydrogens (tertiary/aromatic N) is 2. The maximum Gasteiger partial charge on any atom is 0.270 e. The van der Waals surface area contributed by atoms with Crippen molar-refractivity contribution in [3.63, 3.8) is 0 Å². The number of anilines is 1. The van der Waals surface area contributed by atoms with Crippen LogP contribution in [0.25, 0.3) is 0 Å². The van der Waals surface area contributed by atoms with Gasteiger partial charge in [-0.2, -0.15) is 0 Å². The molecule has 2 rings (SSSR count). The van der Waals surface area contributed by atoms with E-state index in [1.54, 1.807) is 20.8 Å². The largest absolute Gasteiger partial charge is 0.300 e. The highest BCUT2D eigenvalue weighted by Crippen LogP contribution is 2.27. The van der Waals surface area contributed by atoms with Crippen molar-refractivity contribution in [1.82, 2.24) is 14.9 Å².